The molecule has 1 atom stereocenters. The predicted molar refractivity (Wildman–Crippen MR) is 116 cm³/mol. The molecule has 0 spiro atoms. The lowest BCUT2D eigenvalue weighted by molar-refractivity contribution is -0.135. The third-order valence-electron chi connectivity index (χ3n) is 5.52. The number of hydrogen-bond acceptors (Lipinski definition) is 3. The maximum atomic E-state index is 12.6. The van der Waals surface area contributed by atoms with Crippen LogP contribution in [0.15, 0.2) is 24.3 Å². The van der Waals surface area contributed by atoms with Gasteiger partial charge in [-0.3, -0.25) is 14.5 Å². The highest BCUT2D eigenvalue weighted by Crippen LogP contribution is 2.19. The number of carbonyl (C=O) groups excluding carboxylic acids is 2. The molecule has 0 aliphatic heterocycles. The van der Waals surface area contributed by atoms with Gasteiger partial charge in [0, 0.05) is 32.7 Å². The number of amides is 2. The number of rotatable bonds is 12. The highest BCUT2D eigenvalue weighted by Gasteiger charge is 2.20. The Labute approximate surface area is 171 Å². The van der Waals surface area contributed by atoms with Gasteiger partial charge >= 0.3 is 0 Å². The van der Waals surface area contributed by atoms with Gasteiger partial charge < -0.3 is 9.80 Å². The topological polar surface area (TPSA) is 43.9 Å². The summed E-state index contributed by atoms with van der Waals surface area (Å²) in [6.45, 7) is 16.3. The Morgan fingerprint density at radius 2 is 1.21 bits per heavy atom. The first-order valence-corrected chi connectivity index (χ1v) is 10.8. The minimum atomic E-state index is 0.0774. The van der Waals surface area contributed by atoms with Crippen molar-refractivity contribution in [3.8, 4) is 0 Å². The van der Waals surface area contributed by atoms with Gasteiger partial charge in [-0.25, -0.2) is 0 Å². The maximum absolute atomic E-state index is 12.6. The van der Waals surface area contributed by atoms with Gasteiger partial charge in [0.05, 0.1) is 13.1 Å². The molecule has 1 aromatic rings. The zero-order valence-electron chi connectivity index (χ0n) is 18.7. The lowest BCUT2D eigenvalue weighted by Crippen LogP contribution is -2.45. The van der Waals surface area contributed by atoms with Crippen molar-refractivity contribution in [3.05, 3.63) is 35.4 Å². The first kappa shape index (κ1) is 24.2. The van der Waals surface area contributed by atoms with Crippen LogP contribution in [0, 0.1) is 0 Å². The molecule has 0 aliphatic carbocycles. The molecule has 5 nitrogen and oxygen atoms in total. The fraction of sp³-hybridized carbons (Fsp3) is 0.652. The lowest BCUT2D eigenvalue weighted by atomic mass is 9.97. The largest absolute Gasteiger partial charge is 0.342 e. The number of likely N-dealkylation sites (N-methyl/N-ethyl adjacent to an activating group) is 2. The fourth-order valence-electron chi connectivity index (χ4n) is 3.35. The van der Waals surface area contributed by atoms with Crippen molar-refractivity contribution in [3.63, 3.8) is 0 Å². The summed E-state index contributed by atoms with van der Waals surface area (Å²) in [6, 6.07) is 8.58. The van der Waals surface area contributed by atoms with Crippen LogP contribution < -0.4 is 0 Å². The van der Waals surface area contributed by atoms with Crippen LogP contribution in [-0.4, -0.2) is 65.8 Å². The molecule has 0 saturated carbocycles. The van der Waals surface area contributed by atoms with Crippen LogP contribution in [0.1, 0.15) is 65.0 Å². The number of benzene rings is 1. The van der Waals surface area contributed by atoms with Gasteiger partial charge in [0.25, 0.3) is 0 Å². The molecule has 1 unspecified atom stereocenters. The molecule has 1 aromatic carbocycles. The highest BCUT2D eigenvalue weighted by atomic mass is 16.2. The van der Waals surface area contributed by atoms with Crippen molar-refractivity contribution < 1.29 is 9.59 Å². The van der Waals surface area contributed by atoms with Gasteiger partial charge in [0.15, 0.2) is 0 Å². The standard InChI is InChI=1S/C23H39N3O2/c1-7-19(6)21-14-12-20(13-15-21)16-24(17-22(27)25(8-2)9-3)18-23(28)26(10-4)11-5/h12-15,19H,7-11,16-18H2,1-6H3. The van der Waals surface area contributed by atoms with Crippen LogP contribution >= 0.6 is 0 Å². The van der Waals surface area contributed by atoms with Crippen LogP contribution in [0.4, 0.5) is 0 Å². The summed E-state index contributed by atoms with van der Waals surface area (Å²) in [5, 5.41) is 0. The minimum Gasteiger partial charge on any atom is -0.342 e. The molecule has 28 heavy (non-hydrogen) atoms. The van der Waals surface area contributed by atoms with E-state index >= 15 is 0 Å². The first-order valence-electron chi connectivity index (χ1n) is 10.8. The Morgan fingerprint density at radius 1 is 0.786 bits per heavy atom. The lowest BCUT2D eigenvalue weighted by Gasteiger charge is -2.28. The van der Waals surface area contributed by atoms with Gasteiger partial charge in [0.2, 0.25) is 11.8 Å². The van der Waals surface area contributed by atoms with Gasteiger partial charge in [0.1, 0.15) is 0 Å². The average molecular weight is 390 g/mol. The Hall–Kier alpha value is -1.88. The summed E-state index contributed by atoms with van der Waals surface area (Å²) in [5.41, 5.74) is 2.46. The van der Waals surface area contributed by atoms with Gasteiger partial charge in [-0.05, 0) is 51.2 Å². The molecule has 0 saturated heterocycles. The summed E-state index contributed by atoms with van der Waals surface area (Å²) < 4.78 is 0. The van der Waals surface area contributed by atoms with E-state index in [2.05, 4.69) is 38.1 Å². The van der Waals surface area contributed by atoms with E-state index in [1.54, 1.807) is 0 Å². The van der Waals surface area contributed by atoms with E-state index in [1.807, 2.05) is 42.4 Å². The Kier molecular flexibility index (Phi) is 10.8. The van der Waals surface area contributed by atoms with Crippen LogP contribution in [0.3, 0.4) is 0 Å². The van der Waals surface area contributed by atoms with E-state index in [0.717, 1.165) is 12.0 Å². The highest BCUT2D eigenvalue weighted by molar-refractivity contribution is 5.81. The van der Waals surface area contributed by atoms with Crippen LogP contribution in [0.2, 0.25) is 0 Å². The second kappa shape index (κ2) is 12.6. The molecule has 0 fully saturated rings. The van der Waals surface area contributed by atoms with E-state index in [-0.39, 0.29) is 24.9 Å². The molecule has 0 N–H and O–H groups in total. The average Bonchev–Trinajstić information content (AvgIpc) is 2.69. The summed E-state index contributed by atoms with van der Waals surface area (Å²) >= 11 is 0. The van der Waals surface area contributed by atoms with Crippen molar-refractivity contribution in [2.75, 3.05) is 39.3 Å². The summed E-state index contributed by atoms with van der Waals surface area (Å²) in [4.78, 5) is 30.9. The second-order valence-corrected chi connectivity index (χ2v) is 7.33. The quantitative estimate of drug-likeness (QED) is 0.547. The Bertz CT molecular complexity index is 566. The molecule has 0 heterocycles. The molecule has 0 aromatic heterocycles. The van der Waals surface area contributed by atoms with Crippen molar-refractivity contribution in [2.24, 2.45) is 0 Å². The normalized spacial score (nSPS) is 12.1. The van der Waals surface area contributed by atoms with E-state index in [9.17, 15) is 9.59 Å². The third kappa shape index (κ3) is 7.27. The SMILES string of the molecule is CCC(C)c1ccc(CN(CC(=O)N(CC)CC)CC(=O)N(CC)CC)cc1. The molecule has 2 amide bonds. The summed E-state index contributed by atoms with van der Waals surface area (Å²) in [6.07, 6.45) is 1.11. The van der Waals surface area contributed by atoms with E-state index in [0.29, 0.717) is 38.6 Å². The van der Waals surface area contributed by atoms with E-state index < -0.39 is 0 Å². The molecule has 1 rings (SSSR count). The van der Waals surface area contributed by atoms with Crippen molar-refractivity contribution in [1.29, 1.82) is 0 Å². The summed E-state index contributed by atoms with van der Waals surface area (Å²) in [5.74, 6) is 0.695. The fourth-order valence-corrected chi connectivity index (χ4v) is 3.35. The zero-order chi connectivity index (χ0) is 21.1. The van der Waals surface area contributed by atoms with E-state index in [1.165, 1.54) is 5.56 Å². The molecule has 0 radical (unpaired) electrons. The first-order chi connectivity index (χ1) is 13.4. The number of carbonyl (C=O) groups is 2. The molecule has 158 valence electrons. The monoisotopic (exact) mass is 389 g/mol. The number of nitrogens with zero attached hydrogens (tertiary/aromatic N) is 3. The van der Waals surface area contributed by atoms with Crippen molar-refractivity contribution in [2.45, 2.75) is 60.4 Å². The molecule has 5 heteroatoms. The minimum absolute atomic E-state index is 0.0774. The van der Waals surface area contributed by atoms with E-state index in [4.69, 9.17) is 0 Å². The Morgan fingerprint density at radius 3 is 1.57 bits per heavy atom. The molecular weight excluding hydrogens is 350 g/mol. The van der Waals surface area contributed by atoms with Gasteiger partial charge in [-0.1, -0.05) is 38.1 Å². The predicted octanol–water partition coefficient (Wildman–Crippen LogP) is 3.74. The van der Waals surface area contributed by atoms with Crippen molar-refractivity contribution in [1.82, 2.24) is 14.7 Å². The smallest absolute Gasteiger partial charge is 0.236 e. The molecule has 0 bridgehead atoms. The second-order valence-electron chi connectivity index (χ2n) is 7.33. The van der Waals surface area contributed by atoms with Crippen LogP contribution in [0.25, 0.3) is 0 Å². The van der Waals surface area contributed by atoms with Gasteiger partial charge in [-0.2, -0.15) is 0 Å². The molecule has 0 aliphatic rings. The van der Waals surface area contributed by atoms with Gasteiger partial charge in [-0.15, -0.1) is 0 Å². The third-order valence-corrected chi connectivity index (χ3v) is 5.52. The maximum Gasteiger partial charge on any atom is 0.236 e. The van der Waals surface area contributed by atoms with Crippen LogP contribution in [0.5, 0.6) is 0 Å². The zero-order valence-corrected chi connectivity index (χ0v) is 18.7. The summed E-state index contributed by atoms with van der Waals surface area (Å²) in [7, 11) is 0. The Balaban J connectivity index is 2.92. The number of hydrogen-bond donors (Lipinski definition) is 0. The molecular formula is C23H39N3O2. The van der Waals surface area contributed by atoms with Crippen molar-refractivity contribution >= 4 is 11.8 Å². The van der Waals surface area contributed by atoms with Crippen LogP contribution in [-0.2, 0) is 16.1 Å².